The molecule has 128 heavy (non-hydrogen) atoms. The number of nitrogen functional groups attached to an aromatic ring is 1. The van der Waals surface area contributed by atoms with Crippen LogP contribution in [0.5, 0.6) is 34.6 Å². The van der Waals surface area contributed by atoms with E-state index < -0.39 is 0 Å². The molecule has 0 radical (unpaired) electrons. The lowest BCUT2D eigenvalue weighted by Crippen LogP contribution is -2.32. The van der Waals surface area contributed by atoms with Crippen LogP contribution in [0.4, 0.5) is 15.8 Å². The highest BCUT2D eigenvalue weighted by Gasteiger charge is 2.23. The van der Waals surface area contributed by atoms with Gasteiger partial charge in [-0.2, -0.15) is 30.8 Å². The minimum atomic E-state index is -0.304. The lowest BCUT2D eigenvalue weighted by molar-refractivity contribution is -0.133. The number of likely N-dealkylation sites (tertiary alicyclic amines) is 2. The van der Waals surface area contributed by atoms with Crippen LogP contribution in [-0.4, -0.2) is 137 Å². The number of nitrogens with one attached hydrogen (secondary N) is 6. The predicted molar refractivity (Wildman–Crippen MR) is 495 cm³/mol. The van der Waals surface area contributed by atoms with Crippen LogP contribution in [0.25, 0.3) is 113 Å². The Kier molecular flexibility index (Phi) is 28.9. The zero-order chi connectivity index (χ0) is 88.2. The summed E-state index contributed by atoms with van der Waals surface area (Å²) in [6.07, 6.45) is 6.27. The van der Waals surface area contributed by atoms with Crippen molar-refractivity contribution in [3.8, 4) is 153 Å². The van der Waals surface area contributed by atoms with Gasteiger partial charge in [-0.1, -0.05) is 188 Å². The number of nitrogens with zero attached hydrogens (tertiary/aromatic N) is 9. The van der Waals surface area contributed by atoms with Crippen LogP contribution in [-0.2, 0) is 20.8 Å². The Hall–Kier alpha value is -16.8. The van der Waals surface area contributed by atoms with Crippen LogP contribution < -0.4 is 34.7 Å². The lowest BCUT2D eigenvalue weighted by Gasteiger charge is -2.16. The van der Waals surface area contributed by atoms with Crippen LogP contribution in [0.2, 0.25) is 0 Å². The van der Waals surface area contributed by atoms with Crippen molar-refractivity contribution in [2.75, 3.05) is 64.7 Å². The second-order valence-electron chi connectivity index (χ2n) is 29.8. The predicted octanol–water partition coefficient (Wildman–Crippen LogP) is 20.7. The van der Waals surface area contributed by atoms with E-state index in [1.165, 1.54) is 12.1 Å². The number of ether oxygens (including phenoxy) is 5. The number of H-pyrrole nitrogens is 5. The number of nitriles is 1. The second kappa shape index (κ2) is 42.8. The molecule has 0 saturated carbocycles. The van der Waals surface area contributed by atoms with Crippen molar-refractivity contribution >= 4 is 29.1 Å². The molecule has 19 rings (SSSR count). The number of rotatable bonds is 23. The Morgan fingerprint density at radius 1 is 0.406 bits per heavy atom. The molecular weight excluding hydrogens is 1610 g/mol. The molecule has 24 nitrogen and oxygen atoms in total. The molecule has 638 valence electrons. The summed E-state index contributed by atoms with van der Waals surface area (Å²) in [5.41, 5.74) is 26.4. The maximum absolute atomic E-state index is 13.5. The zero-order valence-corrected chi connectivity index (χ0v) is 70.3. The van der Waals surface area contributed by atoms with Gasteiger partial charge in [0, 0.05) is 112 Å². The van der Waals surface area contributed by atoms with Crippen LogP contribution in [0.3, 0.4) is 0 Å². The molecule has 2 saturated heterocycles. The normalized spacial score (nSPS) is 11.8. The number of carbonyl (C=O) groups is 3. The molecule has 8 heterocycles. The molecule has 2 fully saturated rings. The van der Waals surface area contributed by atoms with Gasteiger partial charge < -0.3 is 44.5 Å². The molecule has 0 atom stereocenters. The van der Waals surface area contributed by atoms with Gasteiger partial charge in [-0.15, -0.1) is 0 Å². The summed E-state index contributed by atoms with van der Waals surface area (Å²) in [6, 6.07) is 105. The molecule has 0 bridgehead atoms. The fourth-order valence-electron chi connectivity index (χ4n) is 14.4. The van der Waals surface area contributed by atoms with Crippen molar-refractivity contribution in [3.63, 3.8) is 0 Å². The van der Waals surface area contributed by atoms with E-state index in [9.17, 15) is 18.8 Å². The molecule has 8 N–H and O–H groups in total. The number of hydrogen-bond donors (Lipinski definition) is 7. The van der Waals surface area contributed by atoms with E-state index in [2.05, 4.69) is 79.5 Å². The highest BCUT2D eigenvalue weighted by Crippen LogP contribution is 2.38. The minimum absolute atomic E-state index is 0.00682. The summed E-state index contributed by atoms with van der Waals surface area (Å²) in [7, 11) is 3.25. The fourth-order valence-corrected chi connectivity index (χ4v) is 14.4. The molecule has 0 spiro atoms. The lowest BCUT2D eigenvalue weighted by atomic mass is 10.1. The Bertz CT molecular complexity index is 6550. The van der Waals surface area contributed by atoms with Gasteiger partial charge in [0.05, 0.1) is 89.2 Å². The highest BCUT2D eigenvalue weighted by molar-refractivity contribution is 5.93. The number of aromatic nitrogens is 11. The third-order valence-electron chi connectivity index (χ3n) is 21.0. The Balaban J connectivity index is 0.000000124. The van der Waals surface area contributed by atoms with E-state index in [1.807, 2.05) is 283 Å². The van der Waals surface area contributed by atoms with E-state index in [4.69, 9.17) is 34.7 Å². The van der Waals surface area contributed by atoms with Gasteiger partial charge in [-0.05, 0) is 158 Å². The van der Waals surface area contributed by atoms with Gasteiger partial charge >= 0.3 is 0 Å². The summed E-state index contributed by atoms with van der Waals surface area (Å²) in [4.78, 5) is 44.7. The second-order valence-corrected chi connectivity index (χ2v) is 29.8. The van der Waals surface area contributed by atoms with Gasteiger partial charge in [0.25, 0.3) is 11.8 Å². The molecule has 25 heteroatoms. The third kappa shape index (κ3) is 22.9. The van der Waals surface area contributed by atoms with Gasteiger partial charge in [0.1, 0.15) is 34.6 Å². The molecule has 0 aliphatic carbocycles. The first-order valence-corrected chi connectivity index (χ1v) is 41.7. The summed E-state index contributed by atoms with van der Waals surface area (Å²) in [5, 5.41) is 48.9. The van der Waals surface area contributed by atoms with Crippen molar-refractivity contribution in [1.29, 1.82) is 5.26 Å². The van der Waals surface area contributed by atoms with Gasteiger partial charge in [0.15, 0.2) is 13.2 Å². The van der Waals surface area contributed by atoms with Crippen LogP contribution in [0.1, 0.15) is 36.8 Å². The van der Waals surface area contributed by atoms with E-state index >= 15 is 0 Å². The number of aromatic amines is 5. The van der Waals surface area contributed by atoms with Gasteiger partial charge in [0.2, 0.25) is 11.8 Å². The molecule has 0 unspecified atom stereocenters. The van der Waals surface area contributed by atoms with Crippen LogP contribution in [0.15, 0.2) is 334 Å². The molecule has 2 aliphatic rings. The smallest absolute Gasteiger partial charge is 0.260 e. The first kappa shape index (κ1) is 86.2. The van der Waals surface area contributed by atoms with Crippen molar-refractivity contribution in [2.24, 2.45) is 0 Å². The molecule has 2 aliphatic heterocycles. The zero-order valence-electron chi connectivity index (χ0n) is 70.3. The third-order valence-corrected chi connectivity index (χ3v) is 21.0. The molecule has 11 aromatic carbocycles. The number of methoxy groups -OCH3 is 2. The number of hydrogen-bond acceptors (Lipinski definition) is 16. The first-order chi connectivity index (χ1) is 62.8. The van der Waals surface area contributed by atoms with E-state index in [0.717, 1.165) is 170 Å². The number of nitrogens with two attached hydrogens (primary N) is 1. The average Bonchev–Trinajstić information content (AvgIpc) is 1.67. The topological polar surface area (TPSA) is 322 Å². The molecule has 3 amide bonds. The number of anilines is 2. The standard InChI is InChI=1S/C24H21N3O2.C22H20N4O2.C21H20FN3O2.C20H15N3O.C16H15N3O/c1-29-23-15-19(25-24(28)14-17-8-4-2-5-9-17)12-13-20(23)22-16-21(26-27-22)18-10-6-3-7-11-18;23-14-16-7-9-17(10-8-16)19-13-20(25-24-19)18-5-1-2-6-21(18)28-15-22(27)26-11-3-4-12-26;22-16-7-5-6-15(12-16)18-13-19(24-23-18)17-8-1-2-9-20(17)27-14-21(26)25-10-3-4-11-25;1-2-7-15(8-3-1)18-14-19(23-22-18)16-9-6-10-17(13-16)24-20-11-4-5-12-21-20;1-20-16-9-12(17)7-8-13(16)15-10-14(18-19-15)11-5-3-2-4-6-11/h2-13,15-16H,14H2,1H3,(H,25,28)(H,26,27);1-2,5-10,13H,3-4,11-12,15H2,(H,24,25);1-2,5-9,12-13H,3-4,10-11,14H2,(H,23,24);1-14H,(H,22,23);2-10H,17H2,1H3,(H,18,19). The summed E-state index contributed by atoms with van der Waals surface area (Å²) < 4.78 is 41.8. The van der Waals surface area contributed by atoms with E-state index in [0.29, 0.717) is 57.7 Å². The minimum Gasteiger partial charge on any atom is -0.496 e. The number of pyridine rings is 1. The highest BCUT2D eigenvalue weighted by atomic mass is 19.1. The maximum atomic E-state index is 13.5. The van der Waals surface area contributed by atoms with Crippen molar-refractivity contribution < 1.29 is 42.5 Å². The molecule has 17 aromatic rings. The average molecular weight is 1700 g/mol. The number of para-hydroxylation sites is 2. The van der Waals surface area contributed by atoms with E-state index in [1.54, 1.807) is 50.7 Å². The van der Waals surface area contributed by atoms with Crippen molar-refractivity contribution in [2.45, 2.75) is 32.1 Å². The summed E-state index contributed by atoms with van der Waals surface area (Å²) in [5.74, 6) is 3.60. The van der Waals surface area contributed by atoms with Crippen LogP contribution in [0, 0.1) is 17.1 Å². The maximum Gasteiger partial charge on any atom is 0.260 e. The first-order valence-electron chi connectivity index (χ1n) is 41.7. The number of carbonyl (C=O) groups excluding carboxylic acids is 3. The van der Waals surface area contributed by atoms with Gasteiger partial charge in [-0.25, -0.2) is 9.37 Å². The quantitative estimate of drug-likeness (QED) is 0.0293. The largest absolute Gasteiger partial charge is 0.496 e. The van der Waals surface area contributed by atoms with Crippen LogP contribution >= 0.6 is 0 Å². The Labute approximate surface area is 739 Å². The van der Waals surface area contributed by atoms with E-state index in [-0.39, 0.29) is 36.8 Å². The molecule has 6 aromatic heterocycles. The van der Waals surface area contributed by atoms with Crippen molar-refractivity contribution in [1.82, 2.24) is 65.8 Å². The van der Waals surface area contributed by atoms with Crippen molar-refractivity contribution in [3.05, 3.63) is 351 Å². The number of amides is 3. The summed E-state index contributed by atoms with van der Waals surface area (Å²) in [6.45, 7) is 3.30. The Morgan fingerprint density at radius 3 is 1.31 bits per heavy atom. The summed E-state index contributed by atoms with van der Waals surface area (Å²) >= 11 is 0. The number of benzene rings is 11. The number of halogens is 1. The monoisotopic (exact) mass is 1700 g/mol. The Morgan fingerprint density at radius 2 is 0.820 bits per heavy atom. The van der Waals surface area contributed by atoms with Gasteiger partial charge in [-0.3, -0.25) is 39.9 Å². The SMILES string of the molecule is COc1cc(N)ccc1-c1cc(-c2ccccc2)n[nH]1.COc1cc(NC(=O)Cc2ccccc2)ccc1-c1cc(-c2ccccc2)n[nH]1.N#Cc1ccc(-c2cc(-c3ccccc3OCC(=O)N3CCCC3)[nH]n2)cc1.O=C(COc1ccccc1-c1cc(-c2cccc(F)c2)n[nH]1)N1CCCC1.c1ccc(-c2cc(-c3cccc(Oc4ccccn4)c3)n[nH]2)cc1. The molecular formula is C103H91FN16O8. The fraction of sp³-hybridized carbons (Fsp3) is 0.126.